The lowest BCUT2D eigenvalue weighted by molar-refractivity contribution is 0.112. The molecule has 0 unspecified atom stereocenters. The Balaban J connectivity index is 2.31. The van der Waals surface area contributed by atoms with Gasteiger partial charge in [-0.05, 0) is 24.3 Å². The first-order chi connectivity index (χ1) is 9.74. The summed E-state index contributed by atoms with van der Waals surface area (Å²) >= 11 is 6.21. The van der Waals surface area contributed by atoms with Gasteiger partial charge in [0.1, 0.15) is 5.75 Å². The van der Waals surface area contributed by atoms with Crippen molar-refractivity contribution in [1.82, 2.24) is 4.98 Å². The number of benzene rings is 2. The summed E-state index contributed by atoms with van der Waals surface area (Å²) < 4.78 is 5.20. The molecule has 3 nitrogen and oxygen atoms in total. The number of carbonyl (C=O) groups excluding carboxylic acids is 1. The number of H-pyrrole nitrogens is 1. The highest BCUT2D eigenvalue weighted by Gasteiger charge is 2.15. The highest BCUT2D eigenvalue weighted by Crippen LogP contribution is 2.34. The van der Waals surface area contributed by atoms with E-state index < -0.39 is 0 Å². The summed E-state index contributed by atoms with van der Waals surface area (Å²) in [6.07, 6.45) is 0.844. The zero-order valence-corrected chi connectivity index (χ0v) is 11.6. The van der Waals surface area contributed by atoms with Crippen molar-refractivity contribution in [2.24, 2.45) is 0 Å². The van der Waals surface area contributed by atoms with E-state index in [9.17, 15) is 4.79 Å². The van der Waals surface area contributed by atoms with Gasteiger partial charge in [-0.2, -0.15) is 0 Å². The molecule has 0 atom stereocenters. The molecule has 0 saturated carbocycles. The Morgan fingerprint density at radius 2 is 2.00 bits per heavy atom. The molecule has 0 aliphatic heterocycles. The van der Waals surface area contributed by atoms with E-state index in [0.717, 1.165) is 28.4 Å². The molecule has 3 rings (SSSR count). The maximum absolute atomic E-state index is 11.5. The molecule has 1 N–H and O–H groups in total. The van der Waals surface area contributed by atoms with Crippen molar-refractivity contribution in [3.63, 3.8) is 0 Å². The molecular weight excluding hydrogens is 274 g/mol. The van der Waals surface area contributed by atoms with E-state index in [0.29, 0.717) is 16.3 Å². The number of methoxy groups -OCH3 is 1. The lowest BCUT2D eigenvalue weighted by Gasteiger charge is -2.02. The standard InChI is InChI=1S/C16H12ClNO2/c1-20-10-6-7-15-12(8-10)13(9-19)16(18-15)11-4-2-3-5-14(11)17/h2-9,18H,1H3. The molecule has 0 bridgehead atoms. The average molecular weight is 286 g/mol. The molecule has 0 saturated heterocycles. The molecule has 1 heterocycles. The van der Waals surface area contributed by atoms with Gasteiger partial charge in [0, 0.05) is 27.1 Å². The number of ether oxygens (including phenoxy) is 1. The van der Waals surface area contributed by atoms with Crippen molar-refractivity contribution in [3.05, 3.63) is 53.1 Å². The summed E-state index contributed by atoms with van der Waals surface area (Å²) in [6, 6.07) is 13.0. The first-order valence-corrected chi connectivity index (χ1v) is 6.52. The number of fused-ring (bicyclic) bond motifs is 1. The topological polar surface area (TPSA) is 42.1 Å². The Hall–Kier alpha value is -2.26. The van der Waals surface area contributed by atoms with Crippen LogP contribution in [0.3, 0.4) is 0 Å². The molecule has 0 aliphatic carbocycles. The lowest BCUT2D eigenvalue weighted by atomic mass is 10.1. The first-order valence-electron chi connectivity index (χ1n) is 6.14. The van der Waals surface area contributed by atoms with E-state index in [4.69, 9.17) is 16.3 Å². The van der Waals surface area contributed by atoms with Crippen LogP contribution in [0.2, 0.25) is 5.02 Å². The minimum atomic E-state index is 0.590. The summed E-state index contributed by atoms with van der Waals surface area (Å²) in [7, 11) is 1.60. The molecule has 0 spiro atoms. The number of hydrogen-bond acceptors (Lipinski definition) is 2. The van der Waals surface area contributed by atoms with Gasteiger partial charge >= 0.3 is 0 Å². The second kappa shape index (κ2) is 5.02. The van der Waals surface area contributed by atoms with Gasteiger partial charge in [0.15, 0.2) is 6.29 Å². The van der Waals surface area contributed by atoms with Gasteiger partial charge in [0.05, 0.1) is 12.8 Å². The largest absolute Gasteiger partial charge is 0.497 e. The maximum atomic E-state index is 11.5. The molecule has 0 aliphatic rings. The minimum Gasteiger partial charge on any atom is -0.497 e. The molecule has 100 valence electrons. The summed E-state index contributed by atoms with van der Waals surface area (Å²) in [6.45, 7) is 0. The van der Waals surface area contributed by atoms with Crippen LogP contribution in [0.1, 0.15) is 10.4 Å². The minimum absolute atomic E-state index is 0.590. The highest BCUT2D eigenvalue weighted by atomic mass is 35.5. The molecular formula is C16H12ClNO2. The maximum Gasteiger partial charge on any atom is 0.152 e. The Morgan fingerprint density at radius 3 is 2.70 bits per heavy atom. The van der Waals surface area contributed by atoms with Crippen LogP contribution in [-0.4, -0.2) is 18.4 Å². The number of nitrogens with one attached hydrogen (secondary N) is 1. The number of aromatic amines is 1. The summed E-state index contributed by atoms with van der Waals surface area (Å²) in [5, 5.41) is 1.43. The number of hydrogen-bond donors (Lipinski definition) is 1. The van der Waals surface area contributed by atoms with Gasteiger partial charge in [-0.25, -0.2) is 0 Å². The number of aromatic nitrogens is 1. The number of carbonyl (C=O) groups is 1. The predicted molar refractivity (Wildman–Crippen MR) is 80.7 cm³/mol. The summed E-state index contributed by atoms with van der Waals surface area (Å²) in [4.78, 5) is 14.7. The van der Waals surface area contributed by atoms with Crippen molar-refractivity contribution in [1.29, 1.82) is 0 Å². The van der Waals surface area contributed by atoms with E-state index in [1.54, 1.807) is 13.2 Å². The Kier molecular flexibility index (Phi) is 3.20. The molecule has 2 aromatic carbocycles. The van der Waals surface area contributed by atoms with E-state index in [1.807, 2.05) is 36.4 Å². The average Bonchev–Trinajstić information content (AvgIpc) is 2.84. The fourth-order valence-electron chi connectivity index (χ4n) is 2.32. The van der Waals surface area contributed by atoms with Crippen molar-refractivity contribution in [3.8, 4) is 17.0 Å². The predicted octanol–water partition coefficient (Wildman–Crippen LogP) is 4.31. The van der Waals surface area contributed by atoms with E-state index in [1.165, 1.54) is 0 Å². The third-order valence-corrected chi connectivity index (χ3v) is 3.64. The van der Waals surface area contributed by atoms with E-state index >= 15 is 0 Å². The van der Waals surface area contributed by atoms with Crippen LogP contribution in [0.25, 0.3) is 22.2 Å². The highest BCUT2D eigenvalue weighted by molar-refractivity contribution is 6.33. The molecule has 0 fully saturated rings. The Bertz CT molecular complexity index is 792. The molecule has 4 heteroatoms. The van der Waals surface area contributed by atoms with Crippen LogP contribution in [-0.2, 0) is 0 Å². The van der Waals surface area contributed by atoms with Crippen molar-refractivity contribution < 1.29 is 9.53 Å². The van der Waals surface area contributed by atoms with Gasteiger partial charge in [-0.3, -0.25) is 4.79 Å². The van der Waals surface area contributed by atoms with Crippen LogP contribution in [0.15, 0.2) is 42.5 Å². The first kappa shape index (κ1) is 12.8. The number of aldehydes is 1. The fraction of sp³-hybridized carbons (Fsp3) is 0.0625. The van der Waals surface area contributed by atoms with Crippen LogP contribution in [0.5, 0.6) is 5.75 Å². The normalized spacial score (nSPS) is 10.7. The van der Waals surface area contributed by atoms with Crippen LogP contribution >= 0.6 is 11.6 Å². The third-order valence-electron chi connectivity index (χ3n) is 3.31. The molecule has 0 amide bonds. The second-order valence-corrected chi connectivity index (χ2v) is 4.83. The number of halogens is 1. The fourth-order valence-corrected chi connectivity index (χ4v) is 2.55. The van der Waals surface area contributed by atoms with Crippen LogP contribution in [0.4, 0.5) is 0 Å². The van der Waals surface area contributed by atoms with E-state index in [2.05, 4.69) is 4.98 Å². The van der Waals surface area contributed by atoms with Gasteiger partial charge in [-0.15, -0.1) is 0 Å². The van der Waals surface area contributed by atoms with Gasteiger partial charge in [-0.1, -0.05) is 29.8 Å². The SMILES string of the molecule is COc1ccc2[nH]c(-c3ccccc3Cl)c(C=O)c2c1. The van der Waals surface area contributed by atoms with Crippen molar-refractivity contribution in [2.45, 2.75) is 0 Å². The van der Waals surface area contributed by atoms with Gasteiger partial charge in [0.25, 0.3) is 0 Å². The zero-order chi connectivity index (χ0) is 14.1. The van der Waals surface area contributed by atoms with Crippen LogP contribution in [0, 0.1) is 0 Å². The van der Waals surface area contributed by atoms with Crippen molar-refractivity contribution in [2.75, 3.05) is 7.11 Å². The Labute approximate surface area is 121 Å². The zero-order valence-electron chi connectivity index (χ0n) is 10.8. The quantitative estimate of drug-likeness (QED) is 0.729. The molecule has 0 radical (unpaired) electrons. The second-order valence-electron chi connectivity index (χ2n) is 4.42. The monoisotopic (exact) mass is 285 g/mol. The molecule has 1 aromatic heterocycles. The van der Waals surface area contributed by atoms with Crippen molar-refractivity contribution >= 4 is 28.8 Å². The van der Waals surface area contributed by atoms with E-state index in [-0.39, 0.29) is 0 Å². The van der Waals surface area contributed by atoms with Gasteiger partial charge in [0.2, 0.25) is 0 Å². The summed E-state index contributed by atoms with van der Waals surface area (Å²) in [5.41, 5.74) is 3.01. The molecule has 3 aromatic rings. The third kappa shape index (κ3) is 1.96. The number of rotatable bonds is 3. The molecule has 20 heavy (non-hydrogen) atoms. The van der Waals surface area contributed by atoms with Crippen LogP contribution < -0.4 is 4.74 Å². The lowest BCUT2D eigenvalue weighted by Crippen LogP contribution is -1.86. The van der Waals surface area contributed by atoms with Gasteiger partial charge < -0.3 is 9.72 Å². The summed E-state index contributed by atoms with van der Waals surface area (Å²) in [5.74, 6) is 0.713. The Morgan fingerprint density at radius 1 is 1.20 bits per heavy atom. The smallest absolute Gasteiger partial charge is 0.152 e.